The van der Waals surface area contributed by atoms with E-state index in [1.54, 1.807) is 34.1 Å². The molecule has 1 amide bonds. The summed E-state index contributed by atoms with van der Waals surface area (Å²) in [5.41, 5.74) is 4.15. The summed E-state index contributed by atoms with van der Waals surface area (Å²) in [5, 5.41) is 30.5. The van der Waals surface area contributed by atoms with Crippen LogP contribution in [0.4, 0.5) is 4.79 Å². The number of esters is 1. The monoisotopic (exact) mass is 894 g/mol. The minimum atomic E-state index is -1.58. The molecule has 0 radical (unpaired) electrons. The lowest BCUT2D eigenvalue weighted by Gasteiger charge is -2.49. The average molecular weight is 894 g/mol. The Hall–Kier alpha value is -2.55. The fraction of sp³-hybridized carbons (Fsp3) is 0.848. The van der Waals surface area contributed by atoms with Crippen molar-refractivity contribution in [3.05, 3.63) is 30.1 Å². The number of amides is 1. The van der Waals surface area contributed by atoms with Crippen LogP contribution in [0.3, 0.4) is 0 Å². The third-order valence-corrected chi connectivity index (χ3v) is 14.3. The number of cyclic esters (lactones) is 1. The van der Waals surface area contributed by atoms with Crippen molar-refractivity contribution >= 4 is 12.1 Å². The number of hydrogen-bond donors (Lipinski definition) is 5. The number of nitrogens with zero attached hydrogens (tertiary/aromatic N) is 2. The topological polar surface area (TPSA) is 215 Å². The molecule has 360 valence electrons. The summed E-state index contributed by atoms with van der Waals surface area (Å²) in [6.07, 6.45) is -5.52. The summed E-state index contributed by atoms with van der Waals surface area (Å²) < 4.78 is 51.7. The second kappa shape index (κ2) is 21.4. The second-order valence-electron chi connectivity index (χ2n) is 19.6. The average Bonchev–Trinajstić information content (AvgIpc) is 3.47. The third kappa shape index (κ3) is 11.7. The van der Waals surface area contributed by atoms with Crippen LogP contribution in [-0.4, -0.2) is 157 Å². The Morgan fingerprint density at radius 2 is 1.73 bits per heavy atom. The number of nitrogens with one attached hydrogen (secondary N) is 2. The molecule has 5 heterocycles. The van der Waals surface area contributed by atoms with Gasteiger partial charge in [-0.05, 0) is 93.0 Å². The highest BCUT2D eigenvalue weighted by atomic mass is 16.7. The van der Waals surface area contributed by atoms with Gasteiger partial charge in [0.25, 0.3) is 0 Å². The SMILES string of the molecule is CC[C@@H]1OC(=O)[C@H](C)[C@@H](O[C@H]2C[C@@](C)(OC)C(OC(=O)NCCNCc3ccccn3)[C@H](C)O2)[C@H](C)[C@@H](O[C@@H]2O[C@H](C)C[C@H](N(C)C)[C@H]2O)[C@@](C)(O)C[C@@H](C)[C@H]2O[C@]1(C)[C@@H](N)[C@@H]2C. The predicted molar refractivity (Wildman–Crippen MR) is 234 cm³/mol. The summed E-state index contributed by atoms with van der Waals surface area (Å²) in [5.74, 6) is -2.55. The molecule has 2 bridgehead atoms. The van der Waals surface area contributed by atoms with Crippen molar-refractivity contribution in [3.8, 4) is 0 Å². The highest BCUT2D eigenvalue weighted by molar-refractivity contribution is 5.73. The number of carbonyl (C=O) groups is 2. The Labute approximate surface area is 375 Å². The number of ether oxygens (including phenoxy) is 8. The summed E-state index contributed by atoms with van der Waals surface area (Å²) in [6, 6.07) is 4.95. The second-order valence-corrected chi connectivity index (χ2v) is 19.6. The van der Waals surface area contributed by atoms with Crippen molar-refractivity contribution in [3.63, 3.8) is 0 Å². The fourth-order valence-corrected chi connectivity index (χ4v) is 10.6. The Morgan fingerprint density at radius 1 is 1.02 bits per heavy atom. The maximum Gasteiger partial charge on any atom is 0.407 e. The summed E-state index contributed by atoms with van der Waals surface area (Å²) >= 11 is 0. The van der Waals surface area contributed by atoms with Gasteiger partial charge in [0.1, 0.15) is 23.4 Å². The molecule has 0 saturated carbocycles. The Kier molecular flexibility index (Phi) is 17.5. The van der Waals surface area contributed by atoms with Gasteiger partial charge in [-0.1, -0.05) is 33.8 Å². The van der Waals surface area contributed by atoms with Gasteiger partial charge in [0, 0.05) is 63.3 Å². The van der Waals surface area contributed by atoms with E-state index in [-0.39, 0.29) is 42.9 Å². The summed E-state index contributed by atoms with van der Waals surface area (Å²) in [4.78, 5) is 33.9. The van der Waals surface area contributed by atoms with Gasteiger partial charge < -0.3 is 69.4 Å². The lowest BCUT2D eigenvalue weighted by Crippen LogP contribution is -2.61. The van der Waals surface area contributed by atoms with Crippen LogP contribution in [0, 0.1) is 23.7 Å². The van der Waals surface area contributed by atoms with Crippen LogP contribution in [-0.2, 0) is 49.2 Å². The molecule has 5 rings (SSSR count). The lowest BCUT2D eigenvalue weighted by molar-refractivity contribution is -0.317. The molecule has 4 aliphatic rings. The van der Waals surface area contributed by atoms with Gasteiger partial charge in [0.05, 0.1) is 47.7 Å². The van der Waals surface area contributed by atoms with Crippen molar-refractivity contribution in [1.29, 1.82) is 0 Å². The predicted octanol–water partition coefficient (Wildman–Crippen LogP) is 3.51. The van der Waals surface area contributed by atoms with E-state index in [1.807, 2.05) is 85.7 Å². The zero-order chi connectivity index (χ0) is 46.6. The van der Waals surface area contributed by atoms with E-state index in [1.165, 1.54) is 0 Å². The van der Waals surface area contributed by atoms with Gasteiger partial charge in [-0.3, -0.25) is 9.78 Å². The molecule has 6 N–H and O–H groups in total. The first-order valence-electron chi connectivity index (χ1n) is 23.0. The molecule has 63 heavy (non-hydrogen) atoms. The first-order valence-corrected chi connectivity index (χ1v) is 23.0. The quantitative estimate of drug-likeness (QED) is 0.142. The van der Waals surface area contributed by atoms with Crippen molar-refractivity contribution in [2.75, 3.05) is 34.3 Å². The van der Waals surface area contributed by atoms with E-state index < -0.39 is 95.9 Å². The number of carbonyl (C=O) groups excluding carboxylic acids is 2. The highest BCUT2D eigenvalue weighted by Gasteiger charge is 2.58. The molecule has 0 aliphatic carbocycles. The van der Waals surface area contributed by atoms with Crippen LogP contribution < -0.4 is 16.4 Å². The van der Waals surface area contributed by atoms with Gasteiger partial charge in [-0.15, -0.1) is 0 Å². The minimum absolute atomic E-state index is 0.117. The van der Waals surface area contributed by atoms with Crippen LogP contribution in [0.5, 0.6) is 0 Å². The number of alkyl carbamates (subject to hydrolysis) is 1. The lowest BCUT2D eigenvalue weighted by atomic mass is 9.75. The molecule has 1 unspecified atom stereocenters. The van der Waals surface area contributed by atoms with Crippen LogP contribution >= 0.6 is 0 Å². The maximum absolute atomic E-state index is 14.5. The van der Waals surface area contributed by atoms with Crippen LogP contribution in [0.1, 0.15) is 101 Å². The maximum atomic E-state index is 14.5. The number of rotatable bonds is 13. The number of hydrogen-bond acceptors (Lipinski definition) is 16. The van der Waals surface area contributed by atoms with Crippen LogP contribution in [0.25, 0.3) is 0 Å². The molecular formula is C46H79N5O12. The molecule has 4 aliphatic heterocycles. The number of aliphatic hydroxyl groups excluding tert-OH is 1. The molecule has 4 fully saturated rings. The molecule has 1 aromatic heterocycles. The van der Waals surface area contributed by atoms with Crippen molar-refractivity contribution in [2.24, 2.45) is 29.4 Å². The van der Waals surface area contributed by atoms with Crippen molar-refractivity contribution in [1.82, 2.24) is 20.5 Å². The van der Waals surface area contributed by atoms with Gasteiger partial charge in [-0.2, -0.15) is 0 Å². The molecule has 0 spiro atoms. The molecule has 17 heteroatoms. The van der Waals surface area contributed by atoms with E-state index >= 15 is 0 Å². The smallest absolute Gasteiger partial charge is 0.407 e. The largest absolute Gasteiger partial charge is 0.459 e. The number of likely N-dealkylation sites (N-methyl/N-ethyl adjacent to an activating group) is 1. The number of nitrogens with two attached hydrogens (primary N) is 1. The molecule has 17 nitrogen and oxygen atoms in total. The van der Waals surface area contributed by atoms with Gasteiger partial charge >= 0.3 is 12.1 Å². The zero-order valence-electron chi connectivity index (χ0n) is 39.9. The standard InChI is InChI=1S/C46H79N5O12/c1-14-33-46(10)38(47)27(4)36(63-46)25(2)22-44(8,55)39(61-42-35(52)32(51(11)12)21-26(3)57-42)28(5)37(29(6)41(53)59-33)60-34-23-45(9,56-13)40(30(7)58-34)62-43(54)50-20-19-48-24-31-17-15-16-18-49-31/h15-18,25-30,32-40,42,48,52,55H,14,19-24,47H2,1-13H3,(H,50,54)/t25-,26-,27-,28+,29-,30+,32+,33+,34+,35-,36-,37+,38+,39-,40?,42+,44+,45-,46+/m1/s1. The van der Waals surface area contributed by atoms with Gasteiger partial charge in [-0.25, -0.2) is 4.79 Å². The zero-order valence-corrected chi connectivity index (χ0v) is 39.9. The van der Waals surface area contributed by atoms with Crippen molar-refractivity contribution in [2.45, 2.75) is 192 Å². The third-order valence-electron chi connectivity index (χ3n) is 14.3. The molecule has 0 aromatic carbocycles. The Bertz CT molecular complexity index is 1630. The number of pyridine rings is 1. The van der Waals surface area contributed by atoms with Crippen LogP contribution in [0.2, 0.25) is 0 Å². The van der Waals surface area contributed by atoms with E-state index in [2.05, 4.69) is 15.6 Å². The highest BCUT2D eigenvalue weighted by Crippen LogP contribution is 2.46. The van der Waals surface area contributed by atoms with E-state index in [0.717, 1.165) is 5.69 Å². The Morgan fingerprint density at radius 3 is 2.37 bits per heavy atom. The molecular weight excluding hydrogens is 815 g/mol. The first-order chi connectivity index (χ1) is 29.6. The molecule has 1 aromatic rings. The van der Waals surface area contributed by atoms with E-state index in [9.17, 15) is 19.8 Å². The molecule has 4 saturated heterocycles. The first kappa shape index (κ1) is 51.4. The minimum Gasteiger partial charge on any atom is -0.459 e. The van der Waals surface area contributed by atoms with E-state index in [4.69, 9.17) is 43.6 Å². The summed E-state index contributed by atoms with van der Waals surface area (Å²) in [6.45, 7) is 20.1. The van der Waals surface area contributed by atoms with Crippen molar-refractivity contribution < 1.29 is 57.7 Å². The number of fused-ring (bicyclic) bond motifs is 2. The number of methoxy groups -OCH3 is 1. The Balaban J connectivity index is 1.42. The van der Waals surface area contributed by atoms with E-state index in [0.29, 0.717) is 32.5 Å². The van der Waals surface area contributed by atoms with Crippen LogP contribution in [0.15, 0.2) is 24.4 Å². The van der Waals surface area contributed by atoms with Gasteiger partial charge in [0.2, 0.25) is 0 Å². The van der Waals surface area contributed by atoms with Gasteiger partial charge in [0.15, 0.2) is 18.7 Å². The normalized spacial score (nSPS) is 43.9. The molecule has 19 atom stereocenters. The fourth-order valence-electron chi connectivity index (χ4n) is 10.6. The number of aromatic nitrogens is 1. The summed E-state index contributed by atoms with van der Waals surface area (Å²) in [7, 11) is 5.34. The number of aliphatic hydroxyl groups is 2.